The van der Waals surface area contributed by atoms with Gasteiger partial charge in [-0.3, -0.25) is 0 Å². The molecule has 2 heterocycles. The highest BCUT2D eigenvalue weighted by atomic mass is 32.2. The van der Waals surface area contributed by atoms with Gasteiger partial charge >= 0.3 is 0 Å². The maximum absolute atomic E-state index is 9.89. The lowest BCUT2D eigenvalue weighted by atomic mass is 10.1. The van der Waals surface area contributed by atoms with Gasteiger partial charge in [0.05, 0.1) is 11.6 Å². The average molecular weight is 339 g/mol. The van der Waals surface area contributed by atoms with Gasteiger partial charge in [-0.25, -0.2) is 9.97 Å². The lowest BCUT2D eigenvalue weighted by Gasteiger charge is -2.20. The molecule has 7 nitrogen and oxygen atoms in total. The van der Waals surface area contributed by atoms with E-state index in [1.165, 1.54) is 6.33 Å². The highest BCUT2D eigenvalue weighted by Gasteiger charge is 2.15. The van der Waals surface area contributed by atoms with Gasteiger partial charge in [0, 0.05) is 37.4 Å². The summed E-state index contributed by atoms with van der Waals surface area (Å²) in [5.74, 6) is 2.40. The summed E-state index contributed by atoms with van der Waals surface area (Å²) in [6.45, 7) is 3.41. The summed E-state index contributed by atoms with van der Waals surface area (Å²) in [7, 11) is 0. The molecule has 2 aromatic rings. The van der Waals surface area contributed by atoms with Crippen LogP contribution in [0, 0.1) is 5.92 Å². The Morgan fingerprint density at radius 1 is 1.43 bits per heavy atom. The van der Waals surface area contributed by atoms with Crippen LogP contribution in [0.4, 0.5) is 5.82 Å². The Morgan fingerprint density at radius 2 is 2.26 bits per heavy atom. The molecule has 0 aliphatic heterocycles. The summed E-state index contributed by atoms with van der Waals surface area (Å²) in [5.41, 5.74) is 8.43. The Labute approximate surface area is 140 Å². The highest BCUT2D eigenvalue weighted by molar-refractivity contribution is 7.99. The fourth-order valence-corrected chi connectivity index (χ4v) is 3.51. The summed E-state index contributed by atoms with van der Waals surface area (Å²) >= 11 is 1.76. The van der Waals surface area contributed by atoms with Crippen LogP contribution in [0.25, 0.3) is 11.0 Å². The standard InChI is InChI=1S/C15H25N5O2S/c1-10(22)12(8-23-4-2-3-21)6-17-5-11-7-18-14-13(11)19-9-20-15(14)16/h7,9-10,12,17-18,21-22H,2-6,8H2,1H3,(H2,16,19,20)/t10-,12+/m1/s1. The van der Waals surface area contributed by atoms with Gasteiger partial charge in [0.25, 0.3) is 0 Å². The number of aromatic amines is 1. The monoisotopic (exact) mass is 339 g/mol. The van der Waals surface area contributed by atoms with E-state index in [0.29, 0.717) is 12.4 Å². The molecule has 2 rings (SSSR count). The molecular formula is C15H25N5O2S. The number of nitrogens with zero attached hydrogens (tertiary/aromatic N) is 2. The van der Waals surface area contributed by atoms with Crippen LogP contribution in [0.5, 0.6) is 0 Å². The van der Waals surface area contributed by atoms with E-state index >= 15 is 0 Å². The maximum Gasteiger partial charge on any atom is 0.151 e. The van der Waals surface area contributed by atoms with Crippen molar-refractivity contribution in [3.63, 3.8) is 0 Å². The quantitative estimate of drug-likeness (QED) is 0.405. The number of aliphatic hydroxyl groups is 2. The number of thioether (sulfide) groups is 1. The zero-order valence-electron chi connectivity index (χ0n) is 13.3. The summed E-state index contributed by atoms with van der Waals surface area (Å²) in [6, 6.07) is 0. The first-order valence-electron chi connectivity index (χ1n) is 7.77. The minimum Gasteiger partial charge on any atom is -0.396 e. The van der Waals surface area contributed by atoms with Gasteiger partial charge < -0.3 is 26.2 Å². The third-order valence-electron chi connectivity index (χ3n) is 3.75. The minimum absolute atomic E-state index is 0.170. The topological polar surface area (TPSA) is 120 Å². The molecule has 0 bridgehead atoms. The van der Waals surface area contributed by atoms with Gasteiger partial charge in [-0.2, -0.15) is 11.8 Å². The van der Waals surface area contributed by atoms with Gasteiger partial charge in [0.1, 0.15) is 11.8 Å². The van der Waals surface area contributed by atoms with E-state index in [2.05, 4.69) is 20.3 Å². The summed E-state index contributed by atoms with van der Waals surface area (Å²) < 4.78 is 0. The summed E-state index contributed by atoms with van der Waals surface area (Å²) in [4.78, 5) is 11.3. The molecule has 0 aliphatic carbocycles. The normalized spacial score (nSPS) is 14.2. The molecule has 23 heavy (non-hydrogen) atoms. The molecule has 8 heteroatoms. The summed E-state index contributed by atoms with van der Waals surface area (Å²) in [5, 5.41) is 22.1. The molecule has 0 saturated heterocycles. The van der Waals surface area contributed by atoms with E-state index < -0.39 is 0 Å². The predicted octanol–water partition coefficient (Wildman–Crippen LogP) is 0.742. The first-order chi connectivity index (χ1) is 11.1. The molecular weight excluding hydrogens is 314 g/mol. The molecule has 128 valence electrons. The Kier molecular flexibility index (Phi) is 7.10. The number of anilines is 1. The van der Waals surface area contributed by atoms with Gasteiger partial charge in [0.2, 0.25) is 0 Å². The fourth-order valence-electron chi connectivity index (χ4n) is 2.31. The molecule has 2 atom stereocenters. The number of H-pyrrole nitrogens is 1. The first kappa shape index (κ1) is 18.0. The second-order valence-corrected chi connectivity index (χ2v) is 6.73. The third kappa shape index (κ3) is 5.07. The Hall–Kier alpha value is -1.35. The fraction of sp³-hybridized carbons (Fsp3) is 0.600. The molecule has 0 unspecified atom stereocenters. The molecule has 2 aromatic heterocycles. The van der Waals surface area contributed by atoms with Gasteiger partial charge in [-0.05, 0) is 24.9 Å². The minimum atomic E-state index is -0.370. The number of aliphatic hydroxyl groups excluding tert-OH is 2. The van der Waals surface area contributed by atoms with Gasteiger partial charge in [-0.15, -0.1) is 0 Å². The van der Waals surface area contributed by atoms with E-state index in [0.717, 1.165) is 41.1 Å². The first-order valence-corrected chi connectivity index (χ1v) is 8.92. The number of rotatable bonds is 10. The lowest BCUT2D eigenvalue weighted by Crippen LogP contribution is -2.31. The van der Waals surface area contributed by atoms with Crippen molar-refractivity contribution in [1.82, 2.24) is 20.3 Å². The number of nitrogens with two attached hydrogens (primary N) is 1. The molecule has 0 aromatic carbocycles. The van der Waals surface area contributed by atoms with Crippen LogP contribution in [0.2, 0.25) is 0 Å². The van der Waals surface area contributed by atoms with Gasteiger partial charge in [0.15, 0.2) is 5.82 Å². The average Bonchev–Trinajstić information content (AvgIpc) is 2.94. The number of hydrogen-bond acceptors (Lipinski definition) is 7. The zero-order chi connectivity index (χ0) is 16.7. The maximum atomic E-state index is 9.89. The van der Waals surface area contributed by atoms with Crippen LogP contribution in [-0.2, 0) is 6.54 Å². The van der Waals surface area contributed by atoms with Crippen molar-refractivity contribution in [3.05, 3.63) is 18.1 Å². The van der Waals surface area contributed by atoms with Crippen molar-refractivity contribution >= 4 is 28.6 Å². The second kappa shape index (κ2) is 9.07. The molecule has 0 spiro atoms. The van der Waals surface area contributed by atoms with Crippen molar-refractivity contribution in [2.45, 2.75) is 26.0 Å². The van der Waals surface area contributed by atoms with Crippen LogP contribution in [0.15, 0.2) is 12.5 Å². The molecule has 0 fully saturated rings. The van der Waals surface area contributed by atoms with Crippen molar-refractivity contribution in [3.8, 4) is 0 Å². The molecule has 0 radical (unpaired) electrons. The van der Waals surface area contributed by atoms with E-state index in [1.807, 2.05) is 13.1 Å². The zero-order valence-corrected chi connectivity index (χ0v) is 14.1. The van der Waals surface area contributed by atoms with Crippen LogP contribution in [0.3, 0.4) is 0 Å². The highest BCUT2D eigenvalue weighted by Crippen LogP contribution is 2.19. The lowest BCUT2D eigenvalue weighted by molar-refractivity contribution is 0.136. The van der Waals surface area contributed by atoms with Crippen molar-refractivity contribution in [2.75, 3.05) is 30.4 Å². The Morgan fingerprint density at radius 3 is 3.00 bits per heavy atom. The second-order valence-electron chi connectivity index (χ2n) is 5.58. The van der Waals surface area contributed by atoms with E-state index in [-0.39, 0.29) is 18.6 Å². The number of nitrogens with one attached hydrogen (secondary N) is 2. The Bertz CT molecular complexity index is 605. The van der Waals surface area contributed by atoms with E-state index in [9.17, 15) is 5.11 Å². The van der Waals surface area contributed by atoms with Crippen molar-refractivity contribution in [2.24, 2.45) is 5.92 Å². The largest absolute Gasteiger partial charge is 0.396 e. The smallest absolute Gasteiger partial charge is 0.151 e. The molecule has 0 aliphatic rings. The van der Waals surface area contributed by atoms with Crippen molar-refractivity contribution < 1.29 is 10.2 Å². The predicted molar refractivity (Wildman–Crippen MR) is 94.2 cm³/mol. The van der Waals surface area contributed by atoms with E-state index in [1.54, 1.807) is 11.8 Å². The molecule has 6 N–H and O–H groups in total. The van der Waals surface area contributed by atoms with Crippen LogP contribution >= 0.6 is 11.8 Å². The number of hydrogen-bond donors (Lipinski definition) is 5. The third-order valence-corrected chi connectivity index (χ3v) is 5.00. The van der Waals surface area contributed by atoms with Crippen LogP contribution in [0.1, 0.15) is 18.9 Å². The van der Waals surface area contributed by atoms with Crippen molar-refractivity contribution in [1.29, 1.82) is 0 Å². The van der Waals surface area contributed by atoms with Crippen LogP contribution in [-0.4, -0.2) is 55.9 Å². The number of nitrogen functional groups attached to an aromatic ring is 1. The molecule has 0 saturated carbocycles. The Balaban J connectivity index is 1.85. The van der Waals surface area contributed by atoms with Crippen LogP contribution < -0.4 is 11.1 Å². The molecule has 0 amide bonds. The van der Waals surface area contributed by atoms with E-state index in [4.69, 9.17) is 10.8 Å². The summed E-state index contributed by atoms with van der Waals surface area (Å²) in [6.07, 6.45) is 3.77. The number of fused-ring (bicyclic) bond motifs is 1. The number of aromatic nitrogens is 3. The van der Waals surface area contributed by atoms with Gasteiger partial charge in [-0.1, -0.05) is 0 Å². The SMILES string of the molecule is C[C@@H](O)[C@@H](CNCc1c[nH]c2c(N)ncnc12)CSCCCO.